The van der Waals surface area contributed by atoms with Crippen LogP contribution in [0.4, 0.5) is 5.69 Å². The van der Waals surface area contributed by atoms with Crippen molar-refractivity contribution in [3.05, 3.63) is 75.8 Å². The highest BCUT2D eigenvalue weighted by Crippen LogP contribution is 2.38. The number of hydrogen-bond acceptors (Lipinski definition) is 7. The number of methoxy groups -OCH3 is 1. The molecule has 0 aliphatic heterocycles. The second-order valence-corrected chi connectivity index (χ2v) is 12.2. The Kier molecular flexibility index (Phi) is 10.4. The molecular weight excluding hydrogens is 587 g/mol. The fourth-order valence-corrected chi connectivity index (χ4v) is 5.92. The Bertz CT molecular complexity index is 1530. The second kappa shape index (κ2) is 13.3. The van der Waals surface area contributed by atoms with Crippen molar-refractivity contribution < 1.29 is 31.7 Å². The van der Waals surface area contributed by atoms with Gasteiger partial charge in [0, 0.05) is 40.6 Å². The molecule has 0 radical (unpaired) electrons. The van der Waals surface area contributed by atoms with E-state index in [-0.39, 0.29) is 61.4 Å². The molecule has 0 bridgehead atoms. The molecule has 3 rings (SSSR count). The third kappa shape index (κ3) is 8.18. The highest BCUT2D eigenvalue weighted by Gasteiger charge is 2.22. The molecule has 0 aromatic heterocycles. The Labute approximate surface area is 239 Å². The normalized spacial score (nSPS) is 11.9. The minimum Gasteiger partial charge on any atom is -0.493 e. The van der Waals surface area contributed by atoms with Gasteiger partial charge in [0.05, 0.1) is 23.6 Å². The minimum atomic E-state index is -4.22. The van der Waals surface area contributed by atoms with Crippen molar-refractivity contribution in [1.29, 1.82) is 0 Å². The van der Waals surface area contributed by atoms with Gasteiger partial charge in [0.1, 0.15) is 10.7 Å². The molecule has 0 aliphatic carbocycles. The zero-order valence-corrected chi connectivity index (χ0v) is 24.4. The number of carbonyl (C=O) groups is 2. The molecule has 3 aromatic rings. The highest BCUT2D eigenvalue weighted by atomic mass is 35.5. The van der Waals surface area contributed by atoms with Gasteiger partial charge in [-0.25, -0.2) is 8.42 Å². The number of nitrogens with one attached hydrogen (secondary N) is 2. The summed E-state index contributed by atoms with van der Waals surface area (Å²) < 4.78 is 51.7. The summed E-state index contributed by atoms with van der Waals surface area (Å²) in [5.74, 6) is -0.0812. The van der Waals surface area contributed by atoms with E-state index < -0.39 is 26.7 Å². The van der Waals surface area contributed by atoms with E-state index in [1.165, 1.54) is 49.8 Å². The van der Waals surface area contributed by atoms with Crippen LogP contribution in [0.25, 0.3) is 0 Å². The van der Waals surface area contributed by atoms with Crippen LogP contribution in [0.15, 0.2) is 59.5 Å². The highest BCUT2D eigenvalue weighted by molar-refractivity contribution is 7.92. The fraction of sp³-hybridized carbons (Fsp3) is 0.231. The number of halogens is 2. The van der Waals surface area contributed by atoms with Crippen LogP contribution >= 0.6 is 23.2 Å². The average Bonchev–Trinajstić information content (AvgIpc) is 2.85. The molecule has 0 heterocycles. The molecular formula is C26H26Cl2N2O7S2. The van der Waals surface area contributed by atoms with E-state index in [9.17, 15) is 22.2 Å². The van der Waals surface area contributed by atoms with Gasteiger partial charge >= 0.3 is 0 Å². The average molecular weight is 614 g/mol. The number of rotatable bonds is 12. The number of anilines is 1. The van der Waals surface area contributed by atoms with Gasteiger partial charge < -0.3 is 14.8 Å². The van der Waals surface area contributed by atoms with E-state index in [2.05, 4.69) is 10.0 Å². The van der Waals surface area contributed by atoms with E-state index in [4.69, 9.17) is 32.7 Å². The van der Waals surface area contributed by atoms with Crippen LogP contribution in [-0.2, 0) is 32.0 Å². The minimum absolute atomic E-state index is 0.0310. The number of amides is 1. The van der Waals surface area contributed by atoms with Crippen LogP contribution in [0.5, 0.6) is 17.2 Å². The smallest absolute Gasteiger partial charge is 0.263 e. The number of benzene rings is 3. The summed E-state index contributed by atoms with van der Waals surface area (Å²) >= 11 is 12.0. The van der Waals surface area contributed by atoms with Crippen molar-refractivity contribution in [3.8, 4) is 17.2 Å². The Morgan fingerprint density at radius 3 is 2.33 bits per heavy atom. The summed E-state index contributed by atoms with van der Waals surface area (Å²) in [6.07, 6.45) is 1.52. The Morgan fingerprint density at radius 2 is 1.69 bits per heavy atom. The predicted molar refractivity (Wildman–Crippen MR) is 152 cm³/mol. The molecule has 1 unspecified atom stereocenters. The van der Waals surface area contributed by atoms with Gasteiger partial charge in [0.15, 0.2) is 17.2 Å². The fourth-order valence-electron chi connectivity index (χ4n) is 3.53. The zero-order chi connectivity index (χ0) is 28.7. The SMILES string of the molecule is CCNC(=O)c1ccc(Oc2ccc(CC(=O)CS(C)=O)cc2OC)c(NS(=O)(=O)c2ccc(Cl)cc2Cl)c1. The van der Waals surface area contributed by atoms with Crippen LogP contribution in [0.3, 0.4) is 0 Å². The van der Waals surface area contributed by atoms with Crippen LogP contribution in [0.1, 0.15) is 22.8 Å². The number of sulfonamides is 1. The lowest BCUT2D eigenvalue weighted by Crippen LogP contribution is -2.23. The maximum atomic E-state index is 13.2. The Balaban J connectivity index is 2.00. The van der Waals surface area contributed by atoms with Gasteiger partial charge in [-0.3, -0.25) is 18.5 Å². The maximum absolute atomic E-state index is 13.2. The first-order chi connectivity index (χ1) is 18.4. The molecule has 208 valence electrons. The monoisotopic (exact) mass is 612 g/mol. The Hall–Kier alpha value is -3.12. The summed E-state index contributed by atoms with van der Waals surface area (Å²) in [5, 5.41) is 2.84. The van der Waals surface area contributed by atoms with Crippen LogP contribution in [-0.4, -0.2) is 50.0 Å². The van der Waals surface area contributed by atoms with E-state index in [1.807, 2.05) is 0 Å². The molecule has 0 saturated carbocycles. The molecule has 0 aliphatic rings. The standard InChI is InChI=1S/C26H26Cl2N2O7S2/c1-4-29-26(32)17-6-9-22(21(13-17)30-39(34,35)25-10-7-18(27)14-20(25)28)37-23-8-5-16(12-24(23)36-2)11-19(31)15-38(3)33/h5-10,12-14,30H,4,11,15H2,1-3H3,(H,29,32). The summed E-state index contributed by atoms with van der Waals surface area (Å²) in [4.78, 5) is 24.3. The van der Waals surface area contributed by atoms with Crippen molar-refractivity contribution >= 4 is 61.4 Å². The van der Waals surface area contributed by atoms with Gasteiger partial charge in [-0.15, -0.1) is 0 Å². The van der Waals surface area contributed by atoms with Gasteiger partial charge in [-0.05, 0) is 61.0 Å². The largest absolute Gasteiger partial charge is 0.493 e. The van der Waals surface area contributed by atoms with E-state index in [1.54, 1.807) is 25.1 Å². The van der Waals surface area contributed by atoms with Crippen LogP contribution < -0.4 is 19.5 Å². The van der Waals surface area contributed by atoms with Crippen LogP contribution in [0, 0.1) is 0 Å². The van der Waals surface area contributed by atoms with E-state index in [0.717, 1.165) is 0 Å². The molecule has 1 atom stereocenters. The molecule has 2 N–H and O–H groups in total. The maximum Gasteiger partial charge on any atom is 0.263 e. The van der Waals surface area contributed by atoms with E-state index >= 15 is 0 Å². The molecule has 0 spiro atoms. The quantitative estimate of drug-likeness (QED) is 0.299. The number of Topliss-reactive ketones (excluding diaryl/α,β-unsaturated/α-hetero) is 1. The summed E-state index contributed by atoms with van der Waals surface area (Å²) in [6.45, 7) is 2.13. The first-order valence-corrected chi connectivity index (χ1v) is 15.5. The van der Waals surface area contributed by atoms with Gasteiger partial charge in [-0.2, -0.15) is 0 Å². The lowest BCUT2D eigenvalue weighted by Gasteiger charge is -2.17. The number of ketones is 1. The van der Waals surface area contributed by atoms with E-state index in [0.29, 0.717) is 12.1 Å². The van der Waals surface area contributed by atoms with Gasteiger partial charge in [0.2, 0.25) is 0 Å². The van der Waals surface area contributed by atoms with Crippen molar-refractivity contribution in [2.75, 3.05) is 30.4 Å². The number of hydrogen-bond donors (Lipinski definition) is 2. The first-order valence-electron chi connectivity index (χ1n) is 11.5. The molecule has 3 aromatic carbocycles. The molecule has 39 heavy (non-hydrogen) atoms. The molecule has 9 nitrogen and oxygen atoms in total. The van der Waals surface area contributed by atoms with Crippen molar-refractivity contribution in [2.24, 2.45) is 0 Å². The van der Waals surface area contributed by atoms with Gasteiger partial charge in [-0.1, -0.05) is 29.3 Å². The molecule has 0 saturated heterocycles. The lowest BCUT2D eigenvalue weighted by molar-refractivity contribution is -0.116. The predicted octanol–water partition coefficient (Wildman–Crippen LogP) is 4.83. The zero-order valence-electron chi connectivity index (χ0n) is 21.2. The lowest BCUT2D eigenvalue weighted by atomic mass is 10.1. The molecule has 1 amide bonds. The third-order valence-corrected chi connectivity index (χ3v) is 8.03. The number of ether oxygens (including phenoxy) is 2. The van der Waals surface area contributed by atoms with Crippen LogP contribution in [0.2, 0.25) is 10.0 Å². The second-order valence-electron chi connectivity index (χ2n) is 8.27. The topological polar surface area (TPSA) is 128 Å². The van der Waals surface area contributed by atoms with Gasteiger partial charge in [0.25, 0.3) is 15.9 Å². The third-order valence-electron chi connectivity index (χ3n) is 5.22. The van der Waals surface area contributed by atoms with Crippen molar-refractivity contribution in [3.63, 3.8) is 0 Å². The van der Waals surface area contributed by atoms with Crippen molar-refractivity contribution in [1.82, 2.24) is 5.32 Å². The molecule has 13 heteroatoms. The molecule has 0 fully saturated rings. The Morgan fingerprint density at radius 1 is 0.974 bits per heavy atom. The summed E-state index contributed by atoms with van der Waals surface area (Å²) in [7, 11) is -4.05. The summed E-state index contributed by atoms with van der Waals surface area (Å²) in [5.41, 5.74) is 0.786. The number of carbonyl (C=O) groups excluding carboxylic acids is 2. The summed E-state index contributed by atoms with van der Waals surface area (Å²) in [6, 6.07) is 13.0. The van der Waals surface area contributed by atoms with Crippen molar-refractivity contribution in [2.45, 2.75) is 18.2 Å². The first kappa shape index (κ1) is 30.4.